The van der Waals surface area contributed by atoms with E-state index in [1.165, 1.54) is 32.1 Å². The van der Waals surface area contributed by atoms with Crippen molar-refractivity contribution >= 4 is 0 Å². The van der Waals surface area contributed by atoms with E-state index in [0.717, 1.165) is 59.2 Å². The molecular formula is C23H44. The van der Waals surface area contributed by atoms with E-state index in [-0.39, 0.29) is 0 Å². The molecule has 0 nitrogen and oxygen atoms in total. The maximum absolute atomic E-state index is 2.57. The molecule has 0 heterocycles. The summed E-state index contributed by atoms with van der Waals surface area (Å²) in [5.74, 6) is 9.35. The van der Waals surface area contributed by atoms with Gasteiger partial charge in [0.1, 0.15) is 0 Å². The Balaban J connectivity index is 1.93. The number of hydrogen-bond acceptors (Lipinski definition) is 0. The average molecular weight is 321 g/mol. The van der Waals surface area contributed by atoms with E-state index < -0.39 is 0 Å². The van der Waals surface area contributed by atoms with Gasteiger partial charge in [-0.1, -0.05) is 55.4 Å². The van der Waals surface area contributed by atoms with Gasteiger partial charge in [0.25, 0.3) is 0 Å². The van der Waals surface area contributed by atoms with Gasteiger partial charge >= 0.3 is 0 Å². The van der Waals surface area contributed by atoms with Crippen molar-refractivity contribution in [3.05, 3.63) is 0 Å². The zero-order chi connectivity index (χ0) is 17.3. The van der Waals surface area contributed by atoms with Crippen molar-refractivity contribution in [1.29, 1.82) is 0 Å². The minimum Gasteiger partial charge on any atom is -0.0625 e. The molecule has 0 aromatic heterocycles. The van der Waals surface area contributed by atoms with Gasteiger partial charge in [0, 0.05) is 0 Å². The Bertz CT molecular complexity index is 335. The van der Waals surface area contributed by atoms with Gasteiger partial charge in [-0.2, -0.15) is 0 Å². The van der Waals surface area contributed by atoms with Gasteiger partial charge in [0.2, 0.25) is 0 Å². The largest absolute Gasteiger partial charge is 0.0625 e. The van der Waals surface area contributed by atoms with E-state index in [1.807, 2.05) is 0 Å². The fourth-order valence-corrected chi connectivity index (χ4v) is 6.32. The fourth-order valence-electron chi connectivity index (χ4n) is 6.32. The predicted octanol–water partition coefficient (Wildman–Crippen LogP) is 7.29. The quantitative estimate of drug-likeness (QED) is 0.510. The smallest absolute Gasteiger partial charge is 0.0360 e. The predicted molar refractivity (Wildman–Crippen MR) is 103 cm³/mol. The Morgan fingerprint density at radius 2 is 1.17 bits per heavy atom. The summed E-state index contributed by atoms with van der Waals surface area (Å²) < 4.78 is 0. The van der Waals surface area contributed by atoms with Crippen LogP contribution in [-0.4, -0.2) is 0 Å². The molecule has 2 aliphatic rings. The van der Waals surface area contributed by atoms with Crippen molar-refractivity contribution in [2.24, 2.45) is 59.2 Å². The Morgan fingerprint density at radius 1 is 0.696 bits per heavy atom. The highest BCUT2D eigenvalue weighted by atomic mass is 14.4. The molecule has 0 radical (unpaired) electrons. The molecule has 0 bridgehead atoms. The second kappa shape index (κ2) is 7.92. The third-order valence-corrected chi connectivity index (χ3v) is 8.44. The van der Waals surface area contributed by atoms with Crippen molar-refractivity contribution in [3.8, 4) is 0 Å². The maximum atomic E-state index is 2.57. The minimum absolute atomic E-state index is 0.899. The van der Waals surface area contributed by atoms with Gasteiger partial charge in [-0.25, -0.2) is 0 Å². The molecule has 23 heavy (non-hydrogen) atoms. The first kappa shape index (κ1) is 19.3. The van der Waals surface area contributed by atoms with Gasteiger partial charge in [-0.3, -0.25) is 0 Å². The molecule has 0 N–H and O–H groups in total. The molecule has 6 unspecified atom stereocenters. The minimum atomic E-state index is 0.899. The van der Waals surface area contributed by atoms with Crippen molar-refractivity contribution in [3.63, 3.8) is 0 Å². The summed E-state index contributed by atoms with van der Waals surface area (Å²) in [5, 5.41) is 0. The van der Waals surface area contributed by atoms with E-state index >= 15 is 0 Å². The third kappa shape index (κ3) is 4.55. The molecule has 6 atom stereocenters. The molecule has 0 aromatic carbocycles. The normalized spacial score (nSPS) is 48.0. The second-order valence-corrected chi connectivity index (χ2v) is 10.3. The summed E-state index contributed by atoms with van der Waals surface area (Å²) >= 11 is 0. The van der Waals surface area contributed by atoms with Gasteiger partial charge in [-0.15, -0.1) is 0 Å². The van der Waals surface area contributed by atoms with Crippen LogP contribution < -0.4 is 0 Å². The van der Waals surface area contributed by atoms with Crippen molar-refractivity contribution in [2.75, 3.05) is 0 Å². The van der Waals surface area contributed by atoms with Crippen LogP contribution in [0.3, 0.4) is 0 Å². The van der Waals surface area contributed by atoms with Gasteiger partial charge < -0.3 is 0 Å². The highest BCUT2D eigenvalue weighted by molar-refractivity contribution is 4.87. The van der Waals surface area contributed by atoms with Crippen LogP contribution >= 0.6 is 0 Å². The first-order chi connectivity index (χ1) is 10.7. The SMILES string of the molecule is CC1CC(C)C(CC(C)C(C)C2CC(C)C(C)C(C)C2)C(C)C1. The van der Waals surface area contributed by atoms with Crippen LogP contribution in [0.15, 0.2) is 0 Å². The Kier molecular flexibility index (Phi) is 6.66. The van der Waals surface area contributed by atoms with E-state index in [4.69, 9.17) is 0 Å². The van der Waals surface area contributed by atoms with Crippen LogP contribution in [0.25, 0.3) is 0 Å². The average Bonchev–Trinajstić information content (AvgIpc) is 2.46. The maximum Gasteiger partial charge on any atom is -0.0360 e. The monoisotopic (exact) mass is 320 g/mol. The zero-order valence-corrected chi connectivity index (χ0v) is 17.3. The highest BCUT2D eigenvalue weighted by Gasteiger charge is 2.37. The Labute approximate surface area is 147 Å². The molecule has 0 spiro atoms. The standard InChI is InChI=1S/C23H44/c1-14-9-18(5)23(19(6)10-14)13-17(4)21(8)22-11-15(2)20(7)16(3)12-22/h14-23H,9-13H2,1-8H3. The van der Waals surface area contributed by atoms with Crippen LogP contribution in [0.1, 0.15) is 87.5 Å². The Morgan fingerprint density at radius 3 is 1.65 bits per heavy atom. The molecule has 0 heteroatoms. The van der Waals surface area contributed by atoms with Crippen LogP contribution in [0.4, 0.5) is 0 Å². The van der Waals surface area contributed by atoms with Crippen LogP contribution in [0, 0.1) is 59.2 Å². The first-order valence-corrected chi connectivity index (χ1v) is 10.7. The van der Waals surface area contributed by atoms with Gasteiger partial charge in [-0.05, 0) is 91.3 Å². The van der Waals surface area contributed by atoms with Crippen LogP contribution in [0.5, 0.6) is 0 Å². The number of hydrogen-bond donors (Lipinski definition) is 0. The second-order valence-electron chi connectivity index (χ2n) is 10.3. The fraction of sp³-hybridized carbons (Fsp3) is 1.00. The summed E-state index contributed by atoms with van der Waals surface area (Å²) in [7, 11) is 0. The topological polar surface area (TPSA) is 0 Å². The Hall–Kier alpha value is 0. The van der Waals surface area contributed by atoms with Crippen LogP contribution in [0.2, 0.25) is 0 Å². The third-order valence-electron chi connectivity index (χ3n) is 8.44. The first-order valence-electron chi connectivity index (χ1n) is 10.7. The lowest BCUT2D eigenvalue weighted by atomic mass is 9.62. The molecule has 2 aliphatic carbocycles. The summed E-state index contributed by atoms with van der Waals surface area (Å²) in [5.41, 5.74) is 0. The molecule has 0 aromatic rings. The lowest BCUT2D eigenvalue weighted by Gasteiger charge is -2.44. The molecule has 0 saturated heterocycles. The van der Waals surface area contributed by atoms with Gasteiger partial charge in [0.05, 0.1) is 0 Å². The summed E-state index contributed by atoms with van der Waals surface area (Å²) in [6.45, 7) is 20.1. The van der Waals surface area contributed by atoms with Crippen molar-refractivity contribution < 1.29 is 0 Å². The lowest BCUT2D eigenvalue weighted by Crippen LogP contribution is -2.35. The molecule has 0 amide bonds. The number of rotatable bonds is 4. The van der Waals surface area contributed by atoms with Gasteiger partial charge in [0.15, 0.2) is 0 Å². The van der Waals surface area contributed by atoms with Crippen molar-refractivity contribution in [1.82, 2.24) is 0 Å². The zero-order valence-electron chi connectivity index (χ0n) is 17.3. The molecule has 136 valence electrons. The molecule has 2 fully saturated rings. The van der Waals surface area contributed by atoms with Crippen LogP contribution in [-0.2, 0) is 0 Å². The van der Waals surface area contributed by atoms with E-state index in [1.54, 1.807) is 0 Å². The lowest BCUT2D eigenvalue weighted by molar-refractivity contribution is 0.0602. The van der Waals surface area contributed by atoms with E-state index in [0.29, 0.717) is 0 Å². The van der Waals surface area contributed by atoms with E-state index in [2.05, 4.69) is 55.4 Å². The van der Waals surface area contributed by atoms with Crippen molar-refractivity contribution in [2.45, 2.75) is 87.5 Å². The molecule has 0 aliphatic heterocycles. The molecular weight excluding hydrogens is 276 g/mol. The summed E-state index contributed by atoms with van der Waals surface area (Å²) in [4.78, 5) is 0. The molecule has 2 rings (SSSR count). The molecule has 2 saturated carbocycles. The summed E-state index contributed by atoms with van der Waals surface area (Å²) in [6, 6.07) is 0. The summed E-state index contributed by atoms with van der Waals surface area (Å²) in [6.07, 6.45) is 7.36. The van der Waals surface area contributed by atoms with E-state index in [9.17, 15) is 0 Å². The highest BCUT2D eigenvalue weighted by Crippen LogP contribution is 2.46.